The van der Waals surface area contributed by atoms with E-state index in [9.17, 15) is 14.0 Å². The van der Waals surface area contributed by atoms with Gasteiger partial charge in [0.2, 0.25) is 11.8 Å². The van der Waals surface area contributed by atoms with Crippen molar-refractivity contribution in [3.8, 4) is 0 Å². The average molecular weight is 341 g/mol. The number of halogens is 2. The second-order valence-electron chi connectivity index (χ2n) is 5.09. The molecule has 2 aliphatic rings. The molecule has 6 heteroatoms. The zero-order valence-corrected chi connectivity index (χ0v) is 12.4. The first-order chi connectivity index (χ1) is 9.59. The maximum Gasteiger partial charge on any atom is 0.250 e. The first-order valence-corrected chi connectivity index (χ1v) is 7.44. The molecule has 106 valence electrons. The molecule has 2 saturated heterocycles. The van der Waals surface area contributed by atoms with Gasteiger partial charge in [-0.15, -0.1) is 0 Å². The van der Waals surface area contributed by atoms with Crippen LogP contribution in [0.3, 0.4) is 0 Å². The van der Waals surface area contributed by atoms with E-state index in [0.717, 1.165) is 12.8 Å². The van der Waals surface area contributed by atoms with Gasteiger partial charge in [-0.2, -0.15) is 0 Å². The van der Waals surface area contributed by atoms with Gasteiger partial charge in [-0.1, -0.05) is 6.07 Å². The summed E-state index contributed by atoms with van der Waals surface area (Å²) in [6.45, 7) is 0.538. The zero-order valence-electron chi connectivity index (χ0n) is 10.8. The SMILES string of the molecule is O=C1C2CCCCN2C(=O)CN1c1c(F)cccc1Br. The Kier molecular flexibility index (Phi) is 3.50. The minimum atomic E-state index is -0.496. The van der Waals surface area contributed by atoms with Gasteiger partial charge in [-0.05, 0) is 47.3 Å². The van der Waals surface area contributed by atoms with Crippen molar-refractivity contribution in [2.75, 3.05) is 18.0 Å². The lowest BCUT2D eigenvalue weighted by atomic mass is 9.98. The standard InChI is InChI=1S/C14H14BrFN2O2/c15-9-4-3-5-10(16)13(9)18-8-12(19)17-7-2-1-6-11(17)14(18)20/h3-5,11H,1-2,6-8H2. The Labute approximate surface area is 124 Å². The molecule has 0 aromatic heterocycles. The van der Waals surface area contributed by atoms with Crippen LogP contribution in [0, 0.1) is 5.82 Å². The minimum Gasteiger partial charge on any atom is -0.329 e. The zero-order chi connectivity index (χ0) is 14.3. The molecule has 2 heterocycles. The molecule has 2 aliphatic heterocycles. The monoisotopic (exact) mass is 340 g/mol. The Bertz CT molecular complexity index is 558. The minimum absolute atomic E-state index is 0.0884. The van der Waals surface area contributed by atoms with Crippen LogP contribution in [0.2, 0.25) is 0 Å². The van der Waals surface area contributed by atoms with E-state index >= 15 is 0 Å². The summed E-state index contributed by atoms with van der Waals surface area (Å²) in [4.78, 5) is 27.6. The summed E-state index contributed by atoms with van der Waals surface area (Å²) >= 11 is 3.26. The average Bonchev–Trinajstić information content (AvgIpc) is 2.44. The van der Waals surface area contributed by atoms with Crippen LogP contribution in [-0.4, -0.2) is 35.8 Å². The molecule has 4 nitrogen and oxygen atoms in total. The highest BCUT2D eigenvalue weighted by Crippen LogP contribution is 2.33. The van der Waals surface area contributed by atoms with Gasteiger partial charge in [0.25, 0.3) is 0 Å². The molecular weight excluding hydrogens is 327 g/mol. The smallest absolute Gasteiger partial charge is 0.250 e. The molecule has 0 aliphatic carbocycles. The fraction of sp³-hybridized carbons (Fsp3) is 0.429. The number of hydrogen-bond donors (Lipinski definition) is 0. The Hall–Kier alpha value is -1.43. The quantitative estimate of drug-likeness (QED) is 0.787. The summed E-state index contributed by atoms with van der Waals surface area (Å²) in [5, 5.41) is 0. The van der Waals surface area contributed by atoms with E-state index in [1.807, 2.05) is 0 Å². The molecule has 3 rings (SSSR count). The number of rotatable bonds is 1. The number of hydrogen-bond acceptors (Lipinski definition) is 2. The van der Waals surface area contributed by atoms with E-state index in [4.69, 9.17) is 0 Å². The normalized spacial score (nSPS) is 23.0. The molecule has 2 fully saturated rings. The van der Waals surface area contributed by atoms with Crippen LogP contribution in [0.15, 0.2) is 22.7 Å². The van der Waals surface area contributed by atoms with Crippen LogP contribution < -0.4 is 4.90 Å². The van der Waals surface area contributed by atoms with Crippen molar-refractivity contribution in [3.05, 3.63) is 28.5 Å². The molecular formula is C14H14BrFN2O2. The van der Waals surface area contributed by atoms with Crippen molar-refractivity contribution >= 4 is 33.4 Å². The summed E-state index contributed by atoms with van der Waals surface area (Å²) in [5.41, 5.74) is 0.163. The van der Waals surface area contributed by atoms with Gasteiger partial charge in [0, 0.05) is 11.0 Å². The van der Waals surface area contributed by atoms with Crippen LogP contribution in [0.1, 0.15) is 19.3 Å². The Morgan fingerprint density at radius 1 is 1.25 bits per heavy atom. The second kappa shape index (κ2) is 5.16. The number of para-hydroxylation sites is 1. The van der Waals surface area contributed by atoms with E-state index in [2.05, 4.69) is 15.9 Å². The number of fused-ring (bicyclic) bond motifs is 1. The van der Waals surface area contributed by atoms with Gasteiger partial charge < -0.3 is 4.90 Å². The molecule has 0 saturated carbocycles. The predicted octanol–water partition coefficient (Wildman–Crippen LogP) is 2.32. The third kappa shape index (κ3) is 2.12. The molecule has 0 bridgehead atoms. The van der Waals surface area contributed by atoms with Gasteiger partial charge in [-0.3, -0.25) is 14.5 Å². The number of amides is 2. The largest absolute Gasteiger partial charge is 0.329 e. The van der Waals surface area contributed by atoms with E-state index in [0.29, 0.717) is 17.4 Å². The number of carbonyl (C=O) groups is 2. The Morgan fingerprint density at radius 2 is 2.05 bits per heavy atom. The van der Waals surface area contributed by atoms with Crippen LogP contribution in [-0.2, 0) is 9.59 Å². The molecule has 0 N–H and O–H groups in total. The van der Waals surface area contributed by atoms with Crippen molar-refractivity contribution in [1.82, 2.24) is 4.90 Å². The number of piperidine rings is 1. The van der Waals surface area contributed by atoms with Crippen molar-refractivity contribution in [3.63, 3.8) is 0 Å². The van der Waals surface area contributed by atoms with Crippen LogP contribution in [0.25, 0.3) is 0 Å². The highest BCUT2D eigenvalue weighted by molar-refractivity contribution is 9.10. The van der Waals surface area contributed by atoms with E-state index < -0.39 is 11.9 Å². The second-order valence-corrected chi connectivity index (χ2v) is 5.95. The fourth-order valence-electron chi connectivity index (χ4n) is 2.91. The summed E-state index contributed by atoms with van der Waals surface area (Å²) < 4.78 is 14.5. The molecule has 20 heavy (non-hydrogen) atoms. The highest BCUT2D eigenvalue weighted by Gasteiger charge is 2.42. The molecule has 0 spiro atoms. The van der Waals surface area contributed by atoms with Gasteiger partial charge in [-0.25, -0.2) is 4.39 Å². The van der Waals surface area contributed by atoms with E-state index in [1.54, 1.807) is 17.0 Å². The first kappa shape index (κ1) is 13.5. The van der Waals surface area contributed by atoms with Gasteiger partial charge >= 0.3 is 0 Å². The number of anilines is 1. The number of benzene rings is 1. The molecule has 0 radical (unpaired) electrons. The molecule has 1 atom stereocenters. The molecule has 1 aromatic carbocycles. The van der Waals surface area contributed by atoms with Crippen molar-refractivity contribution in [1.29, 1.82) is 0 Å². The summed E-state index contributed by atoms with van der Waals surface area (Å²) in [6.07, 6.45) is 2.51. The first-order valence-electron chi connectivity index (χ1n) is 6.64. The van der Waals surface area contributed by atoms with Crippen LogP contribution in [0.4, 0.5) is 10.1 Å². The van der Waals surface area contributed by atoms with E-state index in [-0.39, 0.29) is 24.0 Å². The topological polar surface area (TPSA) is 40.6 Å². The van der Waals surface area contributed by atoms with Crippen molar-refractivity contribution in [2.24, 2.45) is 0 Å². The summed E-state index contributed by atoms with van der Waals surface area (Å²) in [7, 11) is 0. The van der Waals surface area contributed by atoms with Gasteiger partial charge in [0.05, 0.1) is 5.69 Å². The van der Waals surface area contributed by atoms with Crippen LogP contribution in [0.5, 0.6) is 0 Å². The van der Waals surface area contributed by atoms with Gasteiger partial charge in [0.1, 0.15) is 18.4 Å². The highest BCUT2D eigenvalue weighted by atomic mass is 79.9. The number of nitrogens with zero attached hydrogens (tertiary/aromatic N) is 2. The third-order valence-corrected chi connectivity index (χ3v) is 4.51. The molecule has 1 aromatic rings. The summed E-state index contributed by atoms with van der Waals surface area (Å²) in [5.74, 6) is -0.788. The maximum atomic E-state index is 14.0. The number of piperazine rings is 1. The Balaban J connectivity index is 1.98. The fourth-order valence-corrected chi connectivity index (χ4v) is 3.46. The number of carbonyl (C=O) groups excluding carboxylic acids is 2. The maximum absolute atomic E-state index is 14.0. The lowest BCUT2D eigenvalue weighted by Crippen LogP contribution is -2.61. The predicted molar refractivity (Wildman–Crippen MR) is 75.8 cm³/mol. The van der Waals surface area contributed by atoms with Crippen molar-refractivity contribution in [2.45, 2.75) is 25.3 Å². The van der Waals surface area contributed by atoms with E-state index in [1.165, 1.54) is 11.0 Å². The lowest BCUT2D eigenvalue weighted by Gasteiger charge is -2.42. The van der Waals surface area contributed by atoms with Crippen molar-refractivity contribution < 1.29 is 14.0 Å². The summed E-state index contributed by atoms with van der Waals surface area (Å²) in [6, 6.07) is 4.09. The molecule has 2 amide bonds. The third-order valence-electron chi connectivity index (χ3n) is 3.88. The lowest BCUT2D eigenvalue weighted by molar-refractivity contribution is -0.144. The molecule has 1 unspecified atom stereocenters. The van der Waals surface area contributed by atoms with Crippen LogP contribution >= 0.6 is 15.9 Å². The van der Waals surface area contributed by atoms with Gasteiger partial charge in [0.15, 0.2) is 0 Å². The Morgan fingerprint density at radius 3 is 2.80 bits per heavy atom.